The third-order valence-electron chi connectivity index (χ3n) is 3.70. The lowest BCUT2D eigenvalue weighted by Gasteiger charge is -2.18. The van der Waals surface area contributed by atoms with Crippen molar-refractivity contribution >= 4 is 11.9 Å². The zero-order valence-corrected chi connectivity index (χ0v) is 13.9. The number of hydrogen-bond donors (Lipinski definition) is 1. The molecule has 24 heavy (non-hydrogen) atoms. The first kappa shape index (κ1) is 17.5. The molecule has 0 spiro atoms. The van der Waals surface area contributed by atoms with Crippen molar-refractivity contribution in [1.82, 2.24) is 0 Å². The molecule has 0 aromatic heterocycles. The maximum atomic E-state index is 12.1. The second-order valence-corrected chi connectivity index (χ2v) is 5.98. The summed E-state index contributed by atoms with van der Waals surface area (Å²) in [5.41, 5.74) is 0.0403. The van der Waals surface area contributed by atoms with Gasteiger partial charge in [0.15, 0.2) is 5.41 Å². The van der Waals surface area contributed by atoms with Gasteiger partial charge in [0, 0.05) is 5.56 Å². The van der Waals surface area contributed by atoms with Gasteiger partial charge in [-0.2, -0.15) is 0 Å². The molecule has 2 rings (SSSR count). The van der Waals surface area contributed by atoms with E-state index in [1.165, 1.54) is 13.8 Å². The summed E-state index contributed by atoms with van der Waals surface area (Å²) < 4.78 is 11.1. The van der Waals surface area contributed by atoms with Crippen LogP contribution >= 0.6 is 0 Å². The lowest BCUT2D eigenvalue weighted by Crippen LogP contribution is -2.36. The van der Waals surface area contributed by atoms with Gasteiger partial charge < -0.3 is 14.6 Å². The molecule has 5 heteroatoms. The van der Waals surface area contributed by atoms with Gasteiger partial charge in [0.25, 0.3) is 0 Å². The Bertz CT molecular complexity index is 749. The van der Waals surface area contributed by atoms with Gasteiger partial charge in [-0.1, -0.05) is 36.4 Å². The third kappa shape index (κ3) is 3.93. The Morgan fingerprint density at radius 1 is 1.00 bits per heavy atom. The van der Waals surface area contributed by atoms with Gasteiger partial charge in [-0.25, -0.2) is 0 Å². The summed E-state index contributed by atoms with van der Waals surface area (Å²) in [4.78, 5) is 23.3. The predicted octanol–water partition coefficient (Wildman–Crippen LogP) is 3.59. The zero-order chi connectivity index (χ0) is 17.7. The standard InChI is InChI=1S/C19H20O5/c1-13-8-4-6-10-15(13)23-12-14-9-5-7-11-16(14)24-18(22)19(2,3)17(20)21/h4-11H,12H2,1-3H3,(H,20,21). The molecule has 0 heterocycles. The minimum atomic E-state index is -1.62. The summed E-state index contributed by atoms with van der Waals surface area (Å²) in [5, 5.41) is 9.12. The maximum Gasteiger partial charge on any atom is 0.328 e. The number of carboxylic acids is 1. The van der Waals surface area contributed by atoms with Crippen molar-refractivity contribution in [3.05, 3.63) is 59.7 Å². The number of carbonyl (C=O) groups excluding carboxylic acids is 1. The number of para-hydroxylation sites is 2. The van der Waals surface area contributed by atoms with Crippen molar-refractivity contribution in [2.45, 2.75) is 27.4 Å². The summed E-state index contributed by atoms with van der Waals surface area (Å²) in [6, 6.07) is 14.5. The molecule has 0 fully saturated rings. The number of aliphatic carboxylic acids is 1. The van der Waals surface area contributed by atoms with Crippen LogP contribution in [0.3, 0.4) is 0 Å². The molecule has 0 aliphatic rings. The van der Waals surface area contributed by atoms with Gasteiger partial charge >= 0.3 is 11.9 Å². The summed E-state index contributed by atoms with van der Waals surface area (Å²) in [5.74, 6) is -1.02. The van der Waals surface area contributed by atoms with Gasteiger partial charge in [0.2, 0.25) is 0 Å². The van der Waals surface area contributed by atoms with Crippen LogP contribution in [0.4, 0.5) is 0 Å². The molecule has 0 aliphatic carbocycles. The minimum Gasteiger partial charge on any atom is -0.488 e. The number of benzene rings is 2. The Labute approximate surface area is 140 Å². The van der Waals surface area contributed by atoms with Crippen molar-refractivity contribution in [3.8, 4) is 11.5 Å². The molecule has 0 bridgehead atoms. The van der Waals surface area contributed by atoms with E-state index in [4.69, 9.17) is 14.6 Å². The van der Waals surface area contributed by atoms with Crippen LogP contribution in [-0.4, -0.2) is 17.0 Å². The Kier molecular flexibility index (Phi) is 5.24. The van der Waals surface area contributed by atoms with Gasteiger partial charge in [-0.15, -0.1) is 0 Å². The molecule has 0 atom stereocenters. The maximum absolute atomic E-state index is 12.1. The fraction of sp³-hybridized carbons (Fsp3) is 0.263. The summed E-state index contributed by atoms with van der Waals surface area (Å²) >= 11 is 0. The van der Waals surface area contributed by atoms with Crippen LogP contribution in [0.2, 0.25) is 0 Å². The Morgan fingerprint density at radius 3 is 2.21 bits per heavy atom. The van der Waals surface area contributed by atoms with Gasteiger partial charge in [-0.3, -0.25) is 9.59 Å². The number of carboxylic acid groups (broad SMARTS) is 1. The first-order chi connectivity index (χ1) is 11.3. The summed E-state index contributed by atoms with van der Waals surface area (Å²) in [7, 11) is 0. The number of hydrogen-bond acceptors (Lipinski definition) is 4. The molecular formula is C19H20O5. The summed E-state index contributed by atoms with van der Waals surface area (Å²) in [6.45, 7) is 4.77. The van der Waals surface area contributed by atoms with Crippen molar-refractivity contribution in [2.75, 3.05) is 0 Å². The second-order valence-electron chi connectivity index (χ2n) is 5.98. The lowest BCUT2D eigenvalue weighted by atomic mass is 9.94. The fourth-order valence-corrected chi connectivity index (χ4v) is 1.91. The van der Waals surface area contributed by atoms with Crippen molar-refractivity contribution in [3.63, 3.8) is 0 Å². The normalized spacial score (nSPS) is 11.0. The number of carbonyl (C=O) groups is 2. The van der Waals surface area contributed by atoms with E-state index in [0.717, 1.165) is 11.3 Å². The second kappa shape index (κ2) is 7.17. The van der Waals surface area contributed by atoms with Crippen molar-refractivity contribution < 1.29 is 24.2 Å². The van der Waals surface area contributed by atoms with E-state index >= 15 is 0 Å². The molecule has 0 radical (unpaired) electrons. The first-order valence-corrected chi connectivity index (χ1v) is 7.54. The van der Waals surface area contributed by atoms with Crippen LogP contribution < -0.4 is 9.47 Å². The van der Waals surface area contributed by atoms with Crippen LogP contribution in [0.1, 0.15) is 25.0 Å². The molecule has 2 aromatic rings. The monoisotopic (exact) mass is 328 g/mol. The smallest absolute Gasteiger partial charge is 0.328 e. The lowest BCUT2D eigenvalue weighted by molar-refractivity contribution is -0.160. The molecule has 0 aliphatic heterocycles. The number of ether oxygens (including phenoxy) is 2. The van der Waals surface area contributed by atoms with Gasteiger partial charge in [0.05, 0.1) is 0 Å². The highest BCUT2D eigenvalue weighted by Gasteiger charge is 2.38. The molecule has 0 unspecified atom stereocenters. The van der Waals surface area contributed by atoms with Gasteiger partial charge in [0.1, 0.15) is 18.1 Å². The van der Waals surface area contributed by atoms with E-state index in [1.807, 2.05) is 31.2 Å². The largest absolute Gasteiger partial charge is 0.488 e. The van der Waals surface area contributed by atoms with Crippen LogP contribution in [0.15, 0.2) is 48.5 Å². The fourth-order valence-electron chi connectivity index (χ4n) is 1.91. The SMILES string of the molecule is Cc1ccccc1OCc1ccccc1OC(=O)C(C)(C)C(=O)O. The highest BCUT2D eigenvalue weighted by atomic mass is 16.5. The molecule has 0 amide bonds. The highest BCUT2D eigenvalue weighted by molar-refractivity contribution is 5.99. The molecule has 0 saturated heterocycles. The zero-order valence-electron chi connectivity index (χ0n) is 13.9. The van der Waals surface area contributed by atoms with E-state index < -0.39 is 17.4 Å². The van der Waals surface area contributed by atoms with Gasteiger partial charge in [-0.05, 0) is 38.5 Å². The van der Waals surface area contributed by atoms with E-state index in [-0.39, 0.29) is 6.61 Å². The molecule has 2 aromatic carbocycles. The minimum absolute atomic E-state index is 0.210. The summed E-state index contributed by atoms with van der Waals surface area (Å²) in [6.07, 6.45) is 0. The quantitative estimate of drug-likeness (QED) is 0.498. The number of rotatable bonds is 6. The molecule has 5 nitrogen and oxygen atoms in total. The molecule has 126 valence electrons. The predicted molar refractivity (Wildman–Crippen MR) is 89.0 cm³/mol. The van der Waals surface area contributed by atoms with Crippen LogP contribution in [0.5, 0.6) is 11.5 Å². The highest BCUT2D eigenvalue weighted by Crippen LogP contribution is 2.25. The van der Waals surface area contributed by atoms with Crippen LogP contribution in [-0.2, 0) is 16.2 Å². The Morgan fingerprint density at radius 2 is 1.58 bits per heavy atom. The Balaban J connectivity index is 2.15. The molecular weight excluding hydrogens is 308 g/mol. The van der Waals surface area contributed by atoms with Crippen molar-refractivity contribution in [2.24, 2.45) is 5.41 Å². The van der Waals surface area contributed by atoms with E-state index in [9.17, 15) is 9.59 Å². The Hall–Kier alpha value is -2.82. The van der Waals surface area contributed by atoms with E-state index in [2.05, 4.69) is 0 Å². The average molecular weight is 328 g/mol. The first-order valence-electron chi connectivity index (χ1n) is 7.54. The van der Waals surface area contributed by atoms with Crippen LogP contribution in [0.25, 0.3) is 0 Å². The van der Waals surface area contributed by atoms with E-state index in [0.29, 0.717) is 11.3 Å². The third-order valence-corrected chi connectivity index (χ3v) is 3.70. The van der Waals surface area contributed by atoms with E-state index in [1.54, 1.807) is 24.3 Å². The topological polar surface area (TPSA) is 72.8 Å². The van der Waals surface area contributed by atoms with Crippen molar-refractivity contribution in [1.29, 1.82) is 0 Å². The number of aryl methyl sites for hydroxylation is 1. The molecule has 1 N–H and O–H groups in total. The number of esters is 1. The van der Waals surface area contributed by atoms with Crippen LogP contribution in [0, 0.1) is 12.3 Å². The average Bonchev–Trinajstić information content (AvgIpc) is 2.55. The molecule has 0 saturated carbocycles.